The number of hydrogen-bond acceptors (Lipinski definition) is 2. The van der Waals surface area contributed by atoms with Gasteiger partial charge in [-0.05, 0) is 90.0 Å². The number of fused-ring (bicyclic) bond motifs is 10. The highest BCUT2D eigenvalue weighted by atomic mass is 16.3. The molecule has 50 heavy (non-hydrogen) atoms. The van der Waals surface area contributed by atoms with Gasteiger partial charge in [-0.15, -0.1) is 0 Å². The lowest BCUT2D eigenvalue weighted by molar-refractivity contribution is 0.656. The molecule has 0 fully saturated rings. The molecule has 0 saturated carbocycles. The molecule has 11 aromatic rings. The molecule has 0 spiro atoms. The van der Waals surface area contributed by atoms with Crippen molar-refractivity contribution in [3.8, 4) is 33.4 Å². The molecule has 0 bridgehead atoms. The van der Waals surface area contributed by atoms with Crippen LogP contribution in [0.1, 0.15) is 0 Å². The summed E-state index contributed by atoms with van der Waals surface area (Å²) in [5.41, 5.74) is 10.7. The molecule has 0 unspecified atom stereocenters. The number of furan rings is 2. The average molecular weight is 637 g/mol. The van der Waals surface area contributed by atoms with Gasteiger partial charge in [0.15, 0.2) is 0 Å². The minimum atomic E-state index is 0.832. The molecule has 0 atom stereocenters. The summed E-state index contributed by atoms with van der Waals surface area (Å²) in [6.07, 6.45) is 0. The van der Waals surface area contributed by atoms with Crippen molar-refractivity contribution < 1.29 is 8.83 Å². The summed E-state index contributed by atoms with van der Waals surface area (Å²) in [5, 5.41) is 11.8. The predicted octanol–water partition coefficient (Wildman–Crippen LogP) is 13.9. The van der Waals surface area contributed by atoms with E-state index in [1.165, 1.54) is 54.6 Å². The molecule has 0 saturated heterocycles. The van der Waals surface area contributed by atoms with Crippen LogP contribution in [0.3, 0.4) is 0 Å². The first-order valence-corrected chi connectivity index (χ1v) is 17.1. The highest BCUT2D eigenvalue weighted by Gasteiger charge is 2.20. The van der Waals surface area contributed by atoms with Crippen molar-refractivity contribution >= 4 is 76.2 Å². The second-order valence-electron chi connectivity index (χ2n) is 13.2. The Morgan fingerprint density at radius 2 is 0.780 bits per heavy atom. The van der Waals surface area contributed by atoms with E-state index in [1.54, 1.807) is 0 Å². The standard InChI is InChI=1S/C48H28O2/c1-2-13-29(14-3-1)46-35-20-6-8-22-37(35)47(38-23-9-7-21-36(38)46)31-16-12-15-30(25-31)39-27-45-48(34-19-5-4-17-32(34)39)41-26-40-33-18-10-11-24-42(33)49-43(40)28-44(41)50-45/h1-28H. The highest BCUT2D eigenvalue weighted by molar-refractivity contribution is 6.25. The Kier molecular flexibility index (Phi) is 5.70. The van der Waals surface area contributed by atoms with Crippen molar-refractivity contribution in [3.05, 3.63) is 170 Å². The van der Waals surface area contributed by atoms with Crippen LogP contribution in [-0.2, 0) is 0 Å². The second-order valence-corrected chi connectivity index (χ2v) is 13.2. The zero-order valence-corrected chi connectivity index (χ0v) is 27.0. The summed E-state index contributed by atoms with van der Waals surface area (Å²) in [5.74, 6) is 0. The van der Waals surface area contributed by atoms with Gasteiger partial charge in [-0.1, -0.05) is 140 Å². The van der Waals surface area contributed by atoms with Crippen LogP contribution in [0.25, 0.3) is 110 Å². The van der Waals surface area contributed by atoms with Gasteiger partial charge in [0.25, 0.3) is 0 Å². The lowest BCUT2D eigenvalue weighted by Gasteiger charge is -2.18. The van der Waals surface area contributed by atoms with E-state index in [2.05, 4.69) is 158 Å². The first kappa shape index (κ1) is 27.3. The van der Waals surface area contributed by atoms with Gasteiger partial charge in [0.2, 0.25) is 0 Å². The van der Waals surface area contributed by atoms with Gasteiger partial charge < -0.3 is 8.83 Å². The Morgan fingerprint density at radius 3 is 1.50 bits per heavy atom. The van der Waals surface area contributed by atoms with Crippen LogP contribution in [0.4, 0.5) is 0 Å². The van der Waals surface area contributed by atoms with Gasteiger partial charge in [-0.25, -0.2) is 0 Å². The van der Waals surface area contributed by atoms with Gasteiger partial charge in [-0.3, -0.25) is 0 Å². The monoisotopic (exact) mass is 636 g/mol. The largest absolute Gasteiger partial charge is 0.456 e. The third kappa shape index (κ3) is 3.90. The van der Waals surface area contributed by atoms with Crippen molar-refractivity contribution in [2.75, 3.05) is 0 Å². The number of benzene rings is 9. The summed E-state index contributed by atoms with van der Waals surface area (Å²) in [6, 6.07) is 60.9. The molecule has 2 aromatic heterocycles. The molecule has 232 valence electrons. The van der Waals surface area contributed by atoms with Gasteiger partial charge in [0, 0.05) is 27.6 Å². The topological polar surface area (TPSA) is 26.3 Å². The molecule has 11 rings (SSSR count). The van der Waals surface area contributed by atoms with Crippen molar-refractivity contribution in [1.82, 2.24) is 0 Å². The molecular formula is C48H28O2. The fourth-order valence-electron chi connectivity index (χ4n) is 8.30. The van der Waals surface area contributed by atoms with Gasteiger partial charge in [0.05, 0.1) is 0 Å². The molecule has 2 heterocycles. The maximum absolute atomic E-state index is 6.65. The third-order valence-electron chi connectivity index (χ3n) is 10.4. The fraction of sp³-hybridized carbons (Fsp3) is 0. The summed E-state index contributed by atoms with van der Waals surface area (Å²) in [7, 11) is 0. The Labute approximate surface area is 287 Å². The average Bonchev–Trinajstić information content (AvgIpc) is 3.73. The molecule has 2 heteroatoms. The van der Waals surface area contributed by atoms with Crippen LogP contribution in [-0.4, -0.2) is 0 Å². The van der Waals surface area contributed by atoms with Crippen LogP contribution >= 0.6 is 0 Å². The van der Waals surface area contributed by atoms with E-state index in [9.17, 15) is 0 Å². The number of hydrogen-bond donors (Lipinski definition) is 0. The smallest absolute Gasteiger partial charge is 0.139 e. The van der Waals surface area contributed by atoms with Gasteiger partial charge in [0.1, 0.15) is 22.3 Å². The lowest BCUT2D eigenvalue weighted by atomic mass is 9.85. The summed E-state index contributed by atoms with van der Waals surface area (Å²) in [6.45, 7) is 0. The Bertz CT molecular complexity index is 3080. The molecule has 9 aromatic carbocycles. The summed E-state index contributed by atoms with van der Waals surface area (Å²) in [4.78, 5) is 0. The molecule has 0 radical (unpaired) electrons. The molecule has 0 aliphatic heterocycles. The maximum Gasteiger partial charge on any atom is 0.139 e. The quantitative estimate of drug-likeness (QED) is 0.180. The third-order valence-corrected chi connectivity index (χ3v) is 10.4. The van der Waals surface area contributed by atoms with E-state index < -0.39 is 0 Å². The zero-order valence-electron chi connectivity index (χ0n) is 27.0. The van der Waals surface area contributed by atoms with Crippen molar-refractivity contribution in [2.24, 2.45) is 0 Å². The highest BCUT2D eigenvalue weighted by Crippen LogP contribution is 2.46. The molecular weight excluding hydrogens is 609 g/mol. The van der Waals surface area contributed by atoms with Crippen LogP contribution in [0, 0.1) is 0 Å². The Morgan fingerprint density at radius 1 is 0.260 bits per heavy atom. The number of para-hydroxylation sites is 1. The molecule has 0 aliphatic rings. The first-order chi connectivity index (χ1) is 24.8. The molecule has 2 nitrogen and oxygen atoms in total. The molecule has 0 aliphatic carbocycles. The molecule has 0 N–H and O–H groups in total. The van der Waals surface area contributed by atoms with Crippen molar-refractivity contribution in [1.29, 1.82) is 0 Å². The SMILES string of the molecule is c1ccc(-c2c3ccccc3c(-c3cccc(-c4cc5oc6cc7oc8ccccc8c7cc6c5c5ccccc45)c3)c3ccccc23)cc1. The second kappa shape index (κ2) is 10.4. The van der Waals surface area contributed by atoms with Gasteiger partial charge in [-0.2, -0.15) is 0 Å². The van der Waals surface area contributed by atoms with Crippen LogP contribution in [0.15, 0.2) is 179 Å². The van der Waals surface area contributed by atoms with E-state index in [4.69, 9.17) is 8.83 Å². The Hall–Kier alpha value is -6.64. The number of rotatable bonds is 3. The van der Waals surface area contributed by atoms with Crippen molar-refractivity contribution in [2.45, 2.75) is 0 Å². The minimum Gasteiger partial charge on any atom is -0.456 e. The summed E-state index contributed by atoms with van der Waals surface area (Å²) < 4.78 is 12.9. The Balaban J connectivity index is 1.16. The summed E-state index contributed by atoms with van der Waals surface area (Å²) >= 11 is 0. The molecule has 0 amide bonds. The van der Waals surface area contributed by atoms with Crippen LogP contribution < -0.4 is 0 Å². The van der Waals surface area contributed by atoms with E-state index in [0.29, 0.717) is 0 Å². The van der Waals surface area contributed by atoms with Crippen molar-refractivity contribution in [3.63, 3.8) is 0 Å². The zero-order chi connectivity index (χ0) is 32.8. The van der Waals surface area contributed by atoms with E-state index in [1.807, 2.05) is 12.1 Å². The lowest BCUT2D eigenvalue weighted by Crippen LogP contribution is -1.91. The fourth-order valence-corrected chi connectivity index (χ4v) is 8.30. The van der Waals surface area contributed by atoms with E-state index >= 15 is 0 Å². The maximum atomic E-state index is 6.65. The first-order valence-electron chi connectivity index (χ1n) is 17.1. The van der Waals surface area contributed by atoms with Gasteiger partial charge >= 0.3 is 0 Å². The normalized spacial score (nSPS) is 12.0. The van der Waals surface area contributed by atoms with Crippen LogP contribution in [0.2, 0.25) is 0 Å². The van der Waals surface area contributed by atoms with E-state index in [0.717, 1.165) is 55.0 Å². The minimum absolute atomic E-state index is 0.832. The van der Waals surface area contributed by atoms with E-state index in [-0.39, 0.29) is 0 Å². The predicted molar refractivity (Wildman–Crippen MR) is 210 cm³/mol. The van der Waals surface area contributed by atoms with Crippen LogP contribution in [0.5, 0.6) is 0 Å².